The minimum absolute atomic E-state index is 0.347. The van der Waals surface area contributed by atoms with Crippen molar-refractivity contribution >= 4 is 37.5 Å². The molecular formula is C9H17BrO2S2. The summed E-state index contributed by atoms with van der Waals surface area (Å²) in [5, 5.41) is 0. The third-order valence-corrected chi connectivity index (χ3v) is 7.08. The summed E-state index contributed by atoms with van der Waals surface area (Å²) in [5.41, 5.74) is 0. The van der Waals surface area contributed by atoms with Crippen LogP contribution >= 0.6 is 27.7 Å². The molecule has 84 valence electrons. The summed E-state index contributed by atoms with van der Waals surface area (Å²) in [4.78, 5) is 0.518. The maximum Gasteiger partial charge on any atom is 0.150 e. The first-order valence-corrected chi connectivity index (χ1v) is 8.86. The number of hydrogen-bond donors (Lipinski definition) is 0. The summed E-state index contributed by atoms with van der Waals surface area (Å²) >= 11 is 5.51. The van der Waals surface area contributed by atoms with Crippen LogP contribution in [0.3, 0.4) is 0 Å². The van der Waals surface area contributed by atoms with Gasteiger partial charge >= 0.3 is 0 Å². The van der Waals surface area contributed by atoms with Crippen LogP contribution in [-0.2, 0) is 9.84 Å². The van der Waals surface area contributed by atoms with Crippen LogP contribution in [0.4, 0.5) is 0 Å². The molecule has 2 unspecified atom stereocenters. The summed E-state index contributed by atoms with van der Waals surface area (Å²) < 4.78 is 22.9. The molecule has 1 rings (SSSR count). The number of halogens is 1. The molecule has 2 atom stereocenters. The molecule has 0 radical (unpaired) electrons. The van der Waals surface area contributed by atoms with Crippen molar-refractivity contribution in [3.05, 3.63) is 0 Å². The lowest BCUT2D eigenvalue weighted by Crippen LogP contribution is -2.18. The van der Waals surface area contributed by atoms with E-state index in [2.05, 4.69) is 15.9 Å². The van der Waals surface area contributed by atoms with Crippen LogP contribution in [0, 0.1) is 5.92 Å². The van der Waals surface area contributed by atoms with Crippen LogP contribution in [-0.4, -0.2) is 36.3 Å². The van der Waals surface area contributed by atoms with Crippen LogP contribution in [0.15, 0.2) is 0 Å². The number of rotatable bonds is 5. The lowest BCUT2D eigenvalue weighted by molar-refractivity contribution is 0.564. The molecule has 1 saturated heterocycles. The number of sulfone groups is 1. The maximum absolute atomic E-state index is 11.5. The molecular weight excluding hydrogens is 284 g/mol. The van der Waals surface area contributed by atoms with Gasteiger partial charge in [0, 0.05) is 16.3 Å². The molecule has 14 heavy (non-hydrogen) atoms. The second kappa shape index (κ2) is 5.75. The summed E-state index contributed by atoms with van der Waals surface area (Å²) in [6.45, 7) is 1.91. The van der Waals surface area contributed by atoms with Gasteiger partial charge in [0.25, 0.3) is 0 Å². The highest BCUT2D eigenvalue weighted by Crippen LogP contribution is 2.32. The Balaban J connectivity index is 2.32. The smallest absolute Gasteiger partial charge is 0.150 e. The Bertz CT molecular complexity index is 264. The molecule has 0 saturated carbocycles. The molecule has 0 N–H and O–H groups in total. The van der Waals surface area contributed by atoms with Crippen molar-refractivity contribution in [1.82, 2.24) is 0 Å². The van der Waals surface area contributed by atoms with Crippen molar-refractivity contribution in [2.45, 2.75) is 24.6 Å². The fraction of sp³-hybridized carbons (Fsp3) is 1.00. The minimum atomic E-state index is -2.77. The molecule has 2 nitrogen and oxygen atoms in total. The van der Waals surface area contributed by atoms with E-state index in [1.54, 1.807) is 0 Å². The Morgan fingerprint density at radius 3 is 2.57 bits per heavy atom. The van der Waals surface area contributed by atoms with Crippen LogP contribution in [0.25, 0.3) is 0 Å². The van der Waals surface area contributed by atoms with E-state index in [-0.39, 0.29) is 0 Å². The molecule has 1 fully saturated rings. The second-order valence-corrected chi connectivity index (χ2v) is 8.31. The van der Waals surface area contributed by atoms with Gasteiger partial charge in [-0.3, -0.25) is 0 Å². The third kappa shape index (κ3) is 4.11. The van der Waals surface area contributed by atoms with E-state index in [4.69, 9.17) is 0 Å². The van der Waals surface area contributed by atoms with E-state index in [9.17, 15) is 8.42 Å². The predicted octanol–water partition coefficient (Wildman–Crippen LogP) is 2.33. The van der Waals surface area contributed by atoms with Gasteiger partial charge in [-0.05, 0) is 24.5 Å². The van der Waals surface area contributed by atoms with Gasteiger partial charge in [-0.1, -0.05) is 22.9 Å². The van der Waals surface area contributed by atoms with Crippen molar-refractivity contribution in [2.75, 3.05) is 23.0 Å². The van der Waals surface area contributed by atoms with Crippen LogP contribution in [0.2, 0.25) is 0 Å². The van der Waals surface area contributed by atoms with Crippen LogP contribution in [0.5, 0.6) is 0 Å². The zero-order chi connectivity index (χ0) is 10.6. The van der Waals surface area contributed by atoms with E-state index < -0.39 is 9.84 Å². The van der Waals surface area contributed by atoms with Gasteiger partial charge in [0.2, 0.25) is 0 Å². The van der Waals surface area contributed by atoms with Gasteiger partial charge in [0.05, 0.1) is 5.75 Å². The maximum atomic E-state index is 11.5. The first-order chi connectivity index (χ1) is 6.55. The van der Waals surface area contributed by atoms with Crippen molar-refractivity contribution in [2.24, 2.45) is 5.92 Å². The lowest BCUT2D eigenvalue weighted by Gasteiger charge is -2.12. The zero-order valence-corrected chi connectivity index (χ0v) is 11.6. The molecule has 0 bridgehead atoms. The summed E-state index contributed by atoms with van der Waals surface area (Å²) in [5.74, 6) is 3.50. The largest absolute Gasteiger partial charge is 0.229 e. The van der Waals surface area contributed by atoms with Crippen molar-refractivity contribution in [1.29, 1.82) is 0 Å². The van der Waals surface area contributed by atoms with E-state index in [0.717, 1.165) is 24.3 Å². The minimum Gasteiger partial charge on any atom is -0.229 e. The molecule has 1 heterocycles. The first-order valence-electron chi connectivity index (χ1n) is 4.97. The molecule has 0 spiro atoms. The molecule has 0 aromatic heterocycles. The summed E-state index contributed by atoms with van der Waals surface area (Å²) in [6.07, 6.45) is 1.56. The molecule has 0 aliphatic carbocycles. The third-order valence-electron chi connectivity index (χ3n) is 2.44. The average Bonchev–Trinajstić information content (AvgIpc) is 2.48. The standard InChI is InChI=1S/C9H17BrO2S2/c1-2-4-14(11,12)5-3-8-6-13-7-9(8)10/h8-9H,2-7H2,1H3. The van der Waals surface area contributed by atoms with Gasteiger partial charge in [-0.15, -0.1) is 0 Å². The fourth-order valence-electron chi connectivity index (χ4n) is 1.58. The monoisotopic (exact) mass is 300 g/mol. The molecule has 0 aromatic carbocycles. The number of thioether (sulfide) groups is 1. The van der Waals surface area contributed by atoms with Gasteiger partial charge in [-0.25, -0.2) is 8.42 Å². The fourth-order valence-corrected chi connectivity index (χ4v) is 5.66. The van der Waals surface area contributed by atoms with E-state index in [0.29, 0.717) is 22.3 Å². The molecule has 0 amide bonds. The Kier molecular flexibility index (Phi) is 5.28. The Morgan fingerprint density at radius 1 is 1.36 bits per heavy atom. The predicted molar refractivity (Wildman–Crippen MR) is 67.1 cm³/mol. The number of alkyl halides is 1. The van der Waals surface area contributed by atoms with Crippen molar-refractivity contribution < 1.29 is 8.42 Å². The van der Waals surface area contributed by atoms with Gasteiger partial charge < -0.3 is 0 Å². The Morgan fingerprint density at radius 2 is 2.07 bits per heavy atom. The van der Waals surface area contributed by atoms with Crippen LogP contribution in [0.1, 0.15) is 19.8 Å². The Hall–Kier alpha value is 0.780. The molecule has 0 aromatic rings. The molecule has 5 heteroatoms. The lowest BCUT2D eigenvalue weighted by atomic mass is 10.1. The Labute approximate surface area is 99.3 Å². The highest BCUT2D eigenvalue weighted by molar-refractivity contribution is 9.09. The molecule has 1 aliphatic rings. The highest BCUT2D eigenvalue weighted by Gasteiger charge is 2.26. The van der Waals surface area contributed by atoms with Crippen LogP contribution < -0.4 is 0 Å². The van der Waals surface area contributed by atoms with E-state index >= 15 is 0 Å². The van der Waals surface area contributed by atoms with E-state index in [1.807, 2.05) is 18.7 Å². The van der Waals surface area contributed by atoms with Crippen molar-refractivity contribution in [3.63, 3.8) is 0 Å². The summed E-state index contributed by atoms with van der Waals surface area (Å²) in [6, 6.07) is 0. The topological polar surface area (TPSA) is 34.1 Å². The first kappa shape index (κ1) is 12.8. The van der Waals surface area contributed by atoms with Gasteiger partial charge in [0.1, 0.15) is 9.84 Å². The van der Waals surface area contributed by atoms with Gasteiger partial charge in [0.15, 0.2) is 0 Å². The number of hydrogen-bond acceptors (Lipinski definition) is 3. The summed E-state index contributed by atoms with van der Waals surface area (Å²) in [7, 11) is -2.77. The quantitative estimate of drug-likeness (QED) is 0.731. The highest BCUT2D eigenvalue weighted by atomic mass is 79.9. The SMILES string of the molecule is CCCS(=O)(=O)CCC1CSCC1Br. The van der Waals surface area contributed by atoms with Gasteiger partial charge in [-0.2, -0.15) is 11.8 Å². The zero-order valence-electron chi connectivity index (χ0n) is 8.41. The second-order valence-electron chi connectivity index (χ2n) is 3.75. The molecule has 1 aliphatic heterocycles. The average molecular weight is 301 g/mol. The van der Waals surface area contributed by atoms with E-state index in [1.165, 1.54) is 0 Å². The normalized spacial score (nSPS) is 28.1. The van der Waals surface area contributed by atoms with Crippen molar-refractivity contribution in [3.8, 4) is 0 Å².